The minimum atomic E-state index is -0.162. The van der Waals surface area contributed by atoms with Gasteiger partial charge in [-0.25, -0.2) is 4.98 Å². The van der Waals surface area contributed by atoms with Crippen LogP contribution in [0.5, 0.6) is 0 Å². The van der Waals surface area contributed by atoms with Crippen LogP contribution < -0.4 is 5.32 Å². The fourth-order valence-electron chi connectivity index (χ4n) is 2.79. The second-order valence-electron chi connectivity index (χ2n) is 5.95. The maximum atomic E-state index is 12.2. The first-order chi connectivity index (χ1) is 12.8. The number of carbonyl (C=O) groups excluding carboxylic acids is 1. The number of pyridine rings is 1. The molecule has 0 unspecified atom stereocenters. The largest absolute Gasteiger partial charge is 0.346 e. The molecular weight excluding hydrogens is 322 g/mol. The summed E-state index contributed by atoms with van der Waals surface area (Å²) >= 11 is 0. The normalized spacial score (nSPS) is 11.1. The molecule has 2 heterocycles. The van der Waals surface area contributed by atoms with Crippen LogP contribution in [0.25, 0.3) is 28.2 Å². The number of rotatable bonds is 4. The third kappa shape index (κ3) is 3.54. The van der Waals surface area contributed by atoms with E-state index in [-0.39, 0.29) is 5.91 Å². The molecule has 2 N–H and O–H groups in total. The fraction of sp³-hybridized carbons (Fsp3) is 0. The van der Waals surface area contributed by atoms with E-state index in [9.17, 15) is 4.79 Å². The van der Waals surface area contributed by atoms with Gasteiger partial charge in [0, 0.05) is 35.1 Å². The molecule has 2 aromatic carbocycles. The first-order valence-electron chi connectivity index (χ1n) is 8.36. The molecule has 126 valence electrons. The molecule has 0 saturated carbocycles. The van der Waals surface area contributed by atoms with Crippen molar-refractivity contribution in [3.05, 3.63) is 90.8 Å². The second kappa shape index (κ2) is 7.07. The lowest BCUT2D eigenvalue weighted by molar-refractivity contribution is -0.111. The summed E-state index contributed by atoms with van der Waals surface area (Å²) < 4.78 is 0. The van der Waals surface area contributed by atoms with Gasteiger partial charge in [-0.2, -0.15) is 0 Å². The summed E-state index contributed by atoms with van der Waals surface area (Å²) in [6.07, 6.45) is 7.03. The summed E-state index contributed by atoms with van der Waals surface area (Å²) in [6, 6.07) is 21.6. The number of nitrogens with zero attached hydrogens (tertiary/aromatic N) is 1. The Kier molecular flexibility index (Phi) is 4.31. The lowest BCUT2D eigenvalue weighted by Crippen LogP contribution is -2.07. The zero-order valence-corrected chi connectivity index (χ0v) is 14.0. The lowest BCUT2D eigenvalue weighted by Gasteiger charge is -2.06. The van der Waals surface area contributed by atoms with E-state index < -0.39 is 0 Å². The highest BCUT2D eigenvalue weighted by Gasteiger charge is 2.04. The van der Waals surface area contributed by atoms with Gasteiger partial charge in [0.2, 0.25) is 5.91 Å². The van der Waals surface area contributed by atoms with Crippen molar-refractivity contribution >= 4 is 28.7 Å². The van der Waals surface area contributed by atoms with Crippen molar-refractivity contribution in [3.63, 3.8) is 0 Å². The Morgan fingerprint density at radius 3 is 2.73 bits per heavy atom. The molecule has 1 amide bonds. The summed E-state index contributed by atoms with van der Waals surface area (Å²) in [4.78, 5) is 19.7. The quantitative estimate of drug-likeness (QED) is 0.521. The molecule has 0 aliphatic rings. The van der Waals surface area contributed by atoms with Gasteiger partial charge in [-0.3, -0.25) is 4.79 Å². The summed E-state index contributed by atoms with van der Waals surface area (Å²) in [6.45, 7) is 0. The zero-order valence-electron chi connectivity index (χ0n) is 14.0. The maximum absolute atomic E-state index is 12.2. The van der Waals surface area contributed by atoms with Gasteiger partial charge in [0.15, 0.2) is 0 Å². The van der Waals surface area contributed by atoms with Gasteiger partial charge in [-0.05, 0) is 41.5 Å². The molecule has 0 bridgehead atoms. The fourth-order valence-corrected chi connectivity index (χ4v) is 2.79. The number of anilines is 1. The van der Waals surface area contributed by atoms with Crippen molar-refractivity contribution in [2.45, 2.75) is 0 Å². The highest BCUT2D eigenvalue weighted by molar-refractivity contribution is 6.02. The molecule has 0 spiro atoms. The Hall–Kier alpha value is -3.66. The van der Waals surface area contributed by atoms with E-state index in [1.165, 1.54) is 6.08 Å². The van der Waals surface area contributed by atoms with Gasteiger partial charge in [0.25, 0.3) is 0 Å². The van der Waals surface area contributed by atoms with Crippen LogP contribution in [-0.4, -0.2) is 15.9 Å². The number of amides is 1. The molecule has 4 nitrogen and oxygen atoms in total. The van der Waals surface area contributed by atoms with Crippen LogP contribution in [0.1, 0.15) is 5.56 Å². The molecule has 0 aliphatic carbocycles. The third-order valence-electron chi connectivity index (χ3n) is 4.09. The van der Waals surface area contributed by atoms with E-state index >= 15 is 0 Å². The molecule has 2 aromatic heterocycles. The van der Waals surface area contributed by atoms with Crippen molar-refractivity contribution in [1.29, 1.82) is 0 Å². The molecule has 4 heteroatoms. The maximum Gasteiger partial charge on any atom is 0.248 e. The van der Waals surface area contributed by atoms with E-state index in [1.54, 1.807) is 6.08 Å². The number of nitrogens with one attached hydrogen (secondary N) is 2. The average Bonchev–Trinajstić information content (AvgIpc) is 3.15. The highest BCUT2D eigenvalue weighted by atomic mass is 16.1. The number of hydrogen-bond acceptors (Lipinski definition) is 2. The van der Waals surface area contributed by atoms with Crippen LogP contribution in [0.4, 0.5) is 5.69 Å². The van der Waals surface area contributed by atoms with E-state index in [4.69, 9.17) is 0 Å². The molecule has 26 heavy (non-hydrogen) atoms. The van der Waals surface area contributed by atoms with Crippen molar-refractivity contribution in [3.8, 4) is 11.1 Å². The molecule has 0 atom stereocenters. The Labute approximate surface area is 151 Å². The number of carbonyl (C=O) groups is 1. The molecule has 0 radical (unpaired) electrons. The van der Waals surface area contributed by atoms with Crippen molar-refractivity contribution < 1.29 is 4.79 Å². The molecule has 4 aromatic rings. The number of H-pyrrole nitrogens is 1. The smallest absolute Gasteiger partial charge is 0.248 e. The van der Waals surface area contributed by atoms with Gasteiger partial charge < -0.3 is 10.3 Å². The highest BCUT2D eigenvalue weighted by Crippen LogP contribution is 2.24. The lowest BCUT2D eigenvalue weighted by atomic mass is 10.1. The van der Waals surface area contributed by atoms with Crippen molar-refractivity contribution in [2.75, 3.05) is 5.32 Å². The van der Waals surface area contributed by atoms with Crippen LogP contribution >= 0.6 is 0 Å². The number of fused-ring (bicyclic) bond motifs is 1. The van der Waals surface area contributed by atoms with Crippen LogP contribution in [0, 0.1) is 0 Å². The number of aromatic amines is 1. The Bertz CT molecular complexity index is 1080. The van der Waals surface area contributed by atoms with Crippen LogP contribution in [-0.2, 0) is 4.79 Å². The van der Waals surface area contributed by atoms with Crippen molar-refractivity contribution in [1.82, 2.24) is 9.97 Å². The summed E-state index contributed by atoms with van der Waals surface area (Å²) in [5.41, 5.74) is 4.62. The van der Waals surface area contributed by atoms with Crippen molar-refractivity contribution in [2.24, 2.45) is 0 Å². The van der Waals surface area contributed by atoms with E-state index in [2.05, 4.69) is 21.4 Å². The predicted octanol–water partition coefficient (Wildman–Crippen LogP) is 4.88. The second-order valence-corrected chi connectivity index (χ2v) is 5.95. The standard InChI is InChI=1S/C22H17N3O/c26-21(10-9-16-5-2-1-3-6-16)25-20-8-4-7-17(14-20)19-13-18-11-12-23-22(18)24-15-19/h1-15H,(H,23,24)(H,25,26)/b10-9+. The summed E-state index contributed by atoms with van der Waals surface area (Å²) in [5, 5.41) is 3.96. The minimum Gasteiger partial charge on any atom is -0.346 e. The molecule has 0 saturated heterocycles. The minimum absolute atomic E-state index is 0.162. The molecule has 0 aliphatic heterocycles. The van der Waals surface area contributed by atoms with Crippen LogP contribution in [0.3, 0.4) is 0 Å². The third-order valence-corrected chi connectivity index (χ3v) is 4.09. The zero-order chi connectivity index (χ0) is 17.8. The Morgan fingerprint density at radius 2 is 1.85 bits per heavy atom. The Morgan fingerprint density at radius 1 is 0.962 bits per heavy atom. The van der Waals surface area contributed by atoms with E-state index in [1.807, 2.05) is 73.1 Å². The first-order valence-corrected chi connectivity index (χ1v) is 8.36. The van der Waals surface area contributed by atoms with Gasteiger partial charge in [0.1, 0.15) is 5.65 Å². The van der Waals surface area contributed by atoms with Gasteiger partial charge in [-0.1, -0.05) is 42.5 Å². The summed E-state index contributed by atoms with van der Waals surface area (Å²) in [5.74, 6) is -0.162. The SMILES string of the molecule is O=C(/C=C/c1ccccc1)Nc1cccc(-c2cnc3[nH]ccc3c2)c1. The van der Waals surface area contributed by atoms with E-state index in [0.29, 0.717) is 0 Å². The van der Waals surface area contributed by atoms with Gasteiger partial charge in [-0.15, -0.1) is 0 Å². The van der Waals surface area contributed by atoms with Crippen LogP contribution in [0.15, 0.2) is 85.2 Å². The Balaban J connectivity index is 1.52. The van der Waals surface area contributed by atoms with Crippen LogP contribution in [0.2, 0.25) is 0 Å². The number of hydrogen-bond donors (Lipinski definition) is 2. The number of benzene rings is 2. The number of aromatic nitrogens is 2. The topological polar surface area (TPSA) is 57.8 Å². The van der Waals surface area contributed by atoms with Gasteiger partial charge >= 0.3 is 0 Å². The predicted molar refractivity (Wildman–Crippen MR) is 106 cm³/mol. The van der Waals surface area contributed by atoms with Gasteiger partial charge in [0.05, 0.1) is 0 Å². The molecule has 4 rings (SSSR count). The first kappa shape index (κ1) is 15.8. The molecule has 0 fully saturated rings. The summed E-state index contributed by atoms with van der Waals surface area (Å²) in [7, 11) is 0. The van der Waals surface area contributed by atoms with E-state index in [0.717, 1.165) is 33.4 Å². The average molecular weight is 339 g/mol. The monoisotopic (exact) mass is 339 g/mol. The molecular formula is C22H17N3O.